The lowest BCUT2D eigenvalue weighted by Crippen LogP contribution is -2.43. The fourth-order valence-electron chi connectivity index (χ4n) is 2.84. The van der Waals surface area contributed by atoms with E-state index in [4.69, 9.17) is 9.47 Å². The summed E-state index contributed by atoms with van der Waals surface area (Å²) >= 11 is 0. The van der Waals surface area contributed by atoms with Crippen molar-refractivity contribution in [2.75, 3.05) is 5.32 Å². The summed E-state index contributed by atoms with van der Waals surface area (Å²) in [6, 6.07) is 9.05. The highest BCUT2D eigenvalue weighted by Gasteiger charge is 2.26. The average molecular weight is 412 g/mol. The Morgan fingerprint density at radius 2 is 1.57 bits per heavy atom. The normalized spacial score (nSPS) is 11.0. The zero-order chi connectivity index (χ0) is 21.8. The fourth-order valence-corrected chi connectivity index (χ4v) is 2.84. The second kappa shape index (κ2) is 8.73. The van der Waals surface area contributed by atoms with Gasteiger partial charge in [-0.05, 0) is 19.4 Å². The molecule has 0 aliphatic rings. The lowest BCUT2D eigenvalue weighted by Gasteiger charge is -2.17. The lowest BCUT2D eigenvalue weighted by molar-refractivity contribution is 0.139. The summed E-state index contributed by atoms with van der Waals surface area (Å²) < 4.78 is 10.4. The molecule has 0 fully saturated rings. The van der Waals surface area contributed by atoms with Gasteiger partial charge in [-0.1, -0.05) is 30.3 Å². The zero-order valence-electron chi connectivity index (χ0n) is 16.4. The van der Waals surface area contributed by atoms with Crippen LogP contribution in [0.1, 0.15) is 30.5 Å². The first-order valence-corrected chi connectivity index (χ1v) is 9.29. The second-order valence-electron chi connectivity index (χ2n) is 6.91. The molecule has 1 amide bonds. The molecule has 0 aliphatic carbocycles. The SMILES string of the molecule is CC(C)Oc1c(CNc2c(CNC(=O)OCc3ccccc3)c(=O)c2=O)c(=O)c1=O. The molecule has 2 N–H and O–H groups in total. The first kappa shape index (κ1) is 21.0. The van der Waals surface area contributed by atoms with E-state index in [0.717, 1.165) is 5.56 Å². The van der Waals surface area contributed by atoms with Gasteiger partial charge in [0, 0.05) is 6.54 Å². The van der Waals surface area contributed by atoms with Gasteiger partial charge in [0.2, 0.25) is 16.3 Å². The van der Waals surface area contributed by atoms with Gasteiger partial charge >= 0.3 is 6.09 Å². The number of rotatable bonds is 9. The Hall–Kier alpha value is -3.75. The van der Waals surface area contributed by atoms with E-state index < -0.39 is 27.8 Å². The third kappa shape index (κ3) is 4.29. The van der Waals surface area contributed by atoms with Gasteiger partial charge in [0.05, 0.1) is 29.5 Å². The predicted molar refractivity (Wildman–Crippen MR) is 109 cm³/mol. The number of ether oxygens (including phenoxy) is 2. The molecular weight excluding hydrogens is 392 g/mol. The number of hydrogen-bond acceptors (Lipinski definition) is 8. The van der Waals surface area contributed by atoms with Crippen molar-refractivity contribution in [2.45, 2.75) is 39.6 Å². The number of anilines is 1. The molecule has 3 aromatic carbocycles. The molecule has 3 rings (SSSR count). The second-order valence-corrected chi connectivity index (χ2v) is 6.91. The Labute approximate surface area is 170 Å². The summed E-state index contributed by atoms with van der Waals surface area (Å²) in [5.41, 5.74) is -1.92. The van der Waals surface area contributed by atoms with E-state index in [1.54, 1.807) is 26.0 Å². The molecule has 0 atom stereocenters. The maximum Gasteiger partial charge on any atom is 0.407 e. The molecule has 0 heterocycles. The van der Waals surface area contributed by atoms with Gasteiger partial charge in [0.15, 0.2) is 5.75 Å². The van der Waals surface area contributed by atoms with Crippen LogP contribution in [0, 0.1) is 0 Å². The van der Waals surface area contributed by atoms with E-state index in [2.05, 4.69) is 10.6 Å². The van der Waals surface area contributed by atoms with Crippen LogP contribution in [0.5, 0.6) is 5.75 Å². The standard InChI is InChI=1S/C21H20N2O7/c1-11(2)30-20-14(17(25)19(20)27)9-22-15-13(16(24)18(15)26)8-23-21(28)29-10-12-6-4-3-5-7-12/h3-7,11,22H,8-10H2,1-2H3,(H,23,28). The Bertz CT molecular complexity index is 1200. The highest BCUT2D eigenvalue weighted by atomic mass is 16.5. The smallest absolute Gasteiger partial charge is 0.407 e. The number of hydrogen-bond donors (Lipinski definition) is 2. The zero-order valence-corrected chi connectivity index (χ0v) is 16.4. The third-order valence-electron chi connectivity index (χ3n) is 4.39. The molecular formula is C21H20N2O7. The molecule has 156 valence electrons. The number of alkyl carbamates (subject to hydrolysis) is 1. The van der Waals surface area contributed by atoms with E-state index in [1.165, 1.54) is 0 Å². The molecule has 0 spiro atoms. The monoisotopic (exact) mass is 412 g/mol. The highest BCUT2D eigenvalue weighted by molar-refractivity contribution is 5.68. The minimum absolute atomic E-state index is 0.00750. The van der Waals surface area contributed by atoms with E-state index in [1.807, 2.05) is 18.2 Å². The van der Waals surface area contributed by atoms with Crippen molar-refractivity contribution in [3.05, 3.63) is 87.9 Å². The largest absolute Gasteiger partial charge is 0.486 e. The van der Waals surface area contributed by atoms with Crippen molar-refractivity contribution >= 4 is 11.8 Å². The van der Waals surface area contributed by atoms with E-state index >= 15 is 0 Å². The van der Waals surface area contributed by atoms with E-state index in [9.17, 15) is 24.0 Å². The van der Waals surface area contributed by atoms with Crippen molar-refractivity contribution in [1.29, 1.82) is 0 Å². The molecule has 0 aromatic heterocycles. The summed E-state index contributed by atoms with van der Waals surface area (Å²) in [6.07, 6.45) is -1.03. The summed E-state index contributed by atoms with van der Waals surface area (Å²) in [7, 11) is 0. The van der Waals surface area contributed by atoms with Crippen LogP contribution < -0.4 is 37.1 Å². The first-order valence-electron chi connectivity index (χ1n) is 9.29. The quantitative estimate of drug-likeness (QED) is 0.492. The fraction of sp³-hybridized carbons (Fsp3) is 0.286. The van der Waals surface area contributed by atoms with E-state index in [-0.39, 0.29) is 48.4 Å². The minimum Gasteiger partial charge on any atom is -0.486 e. The molecule has 0 aliphatic heterocycles. The minimum atomic E-state index is -0.755. The Morgan fingerprint density at radius 1 is 0.900 bits per heavy atom. The summed E-state index contributed by atoms with van der Waals surface area (Å²) in [6.45, 7) is 3.15. The van der Waals surface area contributed by atoms with Gasteiger partial charge in [-0.25, -0.2) is 4.79 Å². The molecule has 0 radical (unpaired) electrons. The van der Waals surface area contributed by atoms with Crippen molar-refractivity contribution in [2.24, 2.45) is 0 Å². The van der Waals surface area contributed by atoms with Crippen LogP contribution in [0.15, 0.2) is 49.5 Å². The number of nitrogens with one attached hydrogen (secondary N) is 2. The van der Waals surface area contributed by atoms with Gasteiger partial charge in [0.25, 0.3) is 5.43 Å². The van der Waals surface area contributed by atoms with Crippen molar-refractivity contribution < 1.29 is 14.3 Å². The van der Waals surface area contributed by atoms with Crippen molar-refractivity contribution in [3.8, 4) is 5.75 Å². The summed E-state index contributed by atoms with van der Waals surface area (Å²) in [4.78, 5) is 58.8. The maximum absolute atomic E-state index is 11.8. The number of benzene rings is 1. The predicted octanol–water partition coefficient (Wildman–Crippen LogP) is 0.704. The van der Waals surface area contributed by atoms with Gasteiger partial charge in [-0.15, -0.1) is 0 Å². The molecule has 30 heavy (non-hydrogen) atoms. The molecule has 9 nitrogen and oxygen atoms in total. The Kier molecular flexibility index (Phi) is 6.10. The topological polar surface area (TPSA) is 128 Å². The van der Waals surface area contributed by atoms with Gasteiger partial charge in [-0.2, -0.15) is 0 Å². The van der Waals surface area contributed by atoms with Crippen LogP contribution in [0.3, 0.4) is 0 Å². The highest BCUT2D eigenvalue weighted by Crippen LogP contribution is 2.16. The third-order valence-corrected chi connectivity index (χ3v) is 4.39. The molecule has 0 saturated heterocycles. The summed E-state index contributed by atoms with van der Waals surface area (Å²) in [5, 5.41) is 5.11. The van der Waals surface area contributed by atoms with Crippen LogP contribution in [0.25, 0.3) is 0 Å². The van der Waals surface area contributed by atoms with Gasteiger partial charge in [-0.3, -0.25) is 19.2 Å². The maximum atomic E-state index is 11.8. The molecule has 3 aromatic rings. The van der Waals surface area contributed by atoms with Crippen LogP contribution in [0.4, 0.5) is 10.5 Å². The summed E-state index contributed by atoms with van der Waals surface area (Å²) in [5.74, 6) is -0.0367. The average Bonchev–Trinajstić information content (AvgIpc) is 2.75. The van der Waals surface area contributed by atoms with Crippen LogP contribution in [-0.2, 0) is 24.4 Å². The van der Waals surface area contributed by atoms with Crippen LogP contribution in [0.2, 0.25) is 0 Å². The molecule has 9 heteroatoms. The van der Waals surface area contributed by atoms with Crippen LogP contribution >= 0.6 is 0 Å². The van der Waals surface area contributed by atoms with Crippen molar-refractivity contribution in [1.82, 2.24) is 5.32 Å². The Balaban J connectivity index is 1.57. The Morgan fingerprint density at radius 3 is 2.23 bits per heavy atom. The van der Waals surface area contributed by atoms with Gasteiger partial charge in [0.1, 0.15) is 6.61 Å². The van der Waals surface area contributed by atoms with Crippen LogP contribution in [-0.4, -0.2) is 12.2 Å². The molecule has 0 bridgehead atoms. The lowest BCUT2D eigenvalue weighted by atomic mass is 10.1. The molecule has 0 saturated carbocycles. The van der Waals surface area contributed by atoms with Crippen molar-refractivity contribution in [3.63, 3.8) is 0 Å². The number of amides is 1. The number of carbonyl (C=O) groups excluding carboxylic acids is 1. The first-order chi connectivity index (χ1) is 14.3. The number of carbonyl (C=O) groups is 1. The van der Waals surface area contributed by atoms with Gasteiger partial charge < -0.3 is 20.1 Å². The van der Waals surface area contributed by atoms with E-state index in [0.29, 0.717) is 0 Å². The molecule has 0 unspecified atom stereocenters.